The van der Waals surface area contributed by atoms with E-state index in [1.807, 2.05) is 36.4 Å². The van der Waals surface area contributed by atoms with E-state index >= 15 is 0 Å². The van der Waals surface area contributed by atoms with Gasteiger partial charge in [-0.15, -0.1) is 0 Å². The second-order valence-corrected chi connectivity index (χ2v) is 8.30. The van der Waals surface area contributed by atoms with Crippen molar-refractivity contribution in [3.05, 3.63) is 60.3 Å². The van der Waals surface area contributed by atoms with Crippen molar-refractivity contribution in [1.29, 1.82) is 0 Å². The Hall–Kier alpha value is -2.45. The Bertz CT molecular complexity index is 1070. The van der Waals surface area contributed by atoms with Crippen LogP contribution in [0.1, 0.15) is 58.8 Å². The van der Waals surface area contributed by atoms with E-state index in [1.54, 1.807) is 17.0 Å². The number of aromatic nitrogens is 2. The van der Waals surface area contributed by atoms with E-state index in [2.05, 4.69) is 18.8 Å². The second kappa shape index (κ2) is 17.9. The van der Waals surface area contributed by atoms with Gasteiger partial charge in [0.15, 0.2) is 6.20 Å². The van der Waals surface area contributed by atoms with Crippen LogP contribution in [0.4, 0.5) is 0 Å². The van der Waals surface area contributed by atoms with Crippen molar-refractivity contribution in [1.82, 2.24) is 4.98 Å². The van der Waals surface area contributed by atoms with Gasteiger partial charge in [-0.2, -0.15) is 16.7 Å². The average molecular weight is 681 g/mol. The van der Waals surface area contributed by atoms with Crippen LogP contribution in [0.15, 0.2) is 48.8 Å². The zero-order valence-electron chi connectivity index (χ0n) is 20.8. The number of rotatable bonds is 5. The van der Waals surface area contributed by atoms with Gasteiger partial charge < -0.3 is 26.8 Å². The number of aliphatic carboxylic acids is 1. The van der Waals surface area contributed by atoms with Gasteiger partial charge in [0.25, 0.3) is 6.73 Å². The van der Waals surface area contributed by atoms with Crippen molar-refractivity contribution in [2.45, 2.75) is 77.6 Å². The van der Waals surface area contributed by atoms with Gasteiger partial charge in [0.1, 0.15) is 5.52 Å². The summed E-state index contributed by atoms with van der Waals surface area (Å²) in [7, 11) is 0. The van der Waals surface area contributed by atoms with Crippen molar-refractivity contribution in [2.75, 3.05) is 0 Å². The molecule has 2 atom stereocenters. The Morgan fingerprint density at radius 2 is 1.61 bits per heavy atom. The molecule has 0 amide bonds. The van der Waals surface area contributed by atoms with Crippen LogP contribution in [0.25, 0.3) is 33.3 Å². The van der Waals surface area contributed by atoms with Crippen LogP contribution < -0.4 is 4.57 Å². The number of hydrogen-bond donors (Lipinski definition) is 1. The molecule has 10 heteroatoms. The number of fused-ring (bicyclic) bond motifs is 3. The molecule has 200 valence electrons. The van der Waals surface area contributed by atoms with Gasteiger partial charge in [-0.3, -0.25) is 9.59 Å². The molecule has 5 N–H and O–H groups in total. The molecule has 1 aliphatic rings. The summed E-state index contributed by atoms with van der Waals surface area (Å²) in [6, 6.07) is 11.5. The predicted molar refractivity (Wildman–Crippen MR) is 137 cm³/mol. The first kappa shape index (κ1) is 33.5. The van der Waals surface area contributed by atoms with Gasteiger partial charge in [0.05, 0.1) is 12.8 Å². The Balaban J connectivity index is 0.000000794. The monoisotopic (exact) mass is 680 g/mol. The molecule has 0 aliphatic heterocycles. The van der Waals surface area contributed by atoms with Crippen molar-refractivity contribution < 1.29 is 50.5 Å². The first-order chi connectivity index (χ1) is 16.4. The summed E-state index contributed by atoms with van der Waals surface area (Å²) in [4.78, 5) is 26.5. The summed E-state index contributed by atoms with van der Waals surface area (Å²) in [6.07, 6.45) is 8.65. The number of ether oxygens (including phenoxy) is 1. The van der Waals surface area contributed by atoms with Crippen molar-refractivity contribution in [3.63, 3.8) is 0 Å². The van der Waals surface area contributed by atoms with Crippen LogP contribution in [-0.4, -0.2) is 39.6 Å². The average Bonchev–Trinajstić information content (AvgIpc) is 2.84. The maximum Gasteiger partial charge on any atom is 2.00 e. The molecule has 0 unspecified atom stereocenters. The summed E-state index contributed by atoms with van der Waals surface area (Å²) >= 11 is 0. The molecule has 0 radical (unpaired) electrons. The number of carbonyl (C=O) groups excluding carboxylic acids is 1. The summed E-state index contributed by atoms with van der Waals surface area (Å²) in [5, 5.41) is 10.6. The Morgan fingerprint density at radius 1 is 1.03 bits per heavy atom. The van der Waals surface area contributed by atoms with E-state index in [4.69, 9.17) is 21.3 Å². The molecule has 9 nitrogen and oxygen atoms in total. The largest absolute Gasteiger partial charge is 2.00 e. The van der Waals surface area contributed by atoms with Crippen molar-refractivity contribution >= 4 is 33.7 Å². The zero-order valence-corrected chi connectivity index (χ0v) is 23.1. The fraction of sp³-hybridized carbons (Fsp3) is 0.462. The summed E-state index contributed by atoms with van der Waals surface area (Å²) in [5.41, 5.74) is 16.3. The zero-order chi connectivity index (χ0) is 24.9. The molecule has 1 aromatic carbocycles. The summed E-state index contributed by atoms with van der Waals surface area (Å²) in [5.74, 6) is -1.56. The van der Waals surface area contributed by atoms with E-state index in [0.717, 1.165) is 34.6 Å². The molecule has 2 heterocycles. The molecule has 1 fully saturated rings. The minimum absolute atomic E-state index is 0. The quantitative estimate of drug-likeness (QED) is 0.227. The number of esters is 1. The minimum Gasteiger partial charge on any atom is -0.676 e. The maximum atomic E-state index is 11.6. The number of carboxylic acids is 1. The molecule has 1 saturated carbocycles. The molecule has 1 aliphatic carbocycles. The third-order valence-electron chi connectivity index (χ3n) is 5.28. The topological polar surface area (TPSA) is 159 Å². The Morgan fingerprint density at radius 3 is 2.19 bits per heavy atom. The fourth-order valence-electron chi connectivity index (χ4n) is 3.57. The van der Waals surface area contributed by atoms with E-state index in [0.29, 0.717) is 0 Å². The van der Waals surface area contributed by atoms with Crippen LogP contribution in [0.2, 0.25) is 0 Å². The van der Waals surface area contributed by atoms with Crippen LogP contribution in [0.3, 0.4) is 0 Å². The second-order valence-electron chi connectivity index (χ2n) is 8.30. The molecule has 36 heavy (non-hydrogen) atoms. The number of nitrogens with one attached hydrogen (secondary N) is 2. The summed E-state index contributed by atoms with van der Waals surface area (Å²) in [6.45, 7) is 4.27. The Labute approximate surface area is 226 Å². The van der Waals surface area contributed by atoms with Crippen molar-refractivity contribution in [3.8, 4) is 0 Å². The molecule has 3 aromatic rings. The first-order valence-corrected chi connectivity index (χ1v) is 11.8. The number of benzene rings is 1. The number of carboxylic acid groups (broad SMARTS) is 1. The molecule has 0 bridgehead atoms. The van der Waals surface area contributed by atoms with E-state index in [-0.39, 0.29) is 58.2 Å². The molecular formula is C26H37N4O5Pt+. The number of pyridine rings is 2. The molecular weight excluding hydrogens is 643 g/mol. The van der Waals surface area contributed by atoms with Gasteiger partial charge >= 0.3 is 33.0 Å². The van der Waals surface area contributed by atoms with Crippen molar-refractivity contribution in [2.24, 2.45) is 0 Å². The molecule has 0 saturated heterocycles. The third kappa shape index (κ3) is 10.7. The number of carbonyl (C=O) groups is 2. The van der Waals surface area contributed by atoms with Gasteiger partial charge in [-0.25, -0.2) is 4.98 Å². The van der Waals surface area contributed by atoms with E-state index in [9.17, 15) is 9.59 Å². The van der Waals surface area contributed by atoms with Crippen LogP contribution >= 0.6 is 0 Å². The number of hydrogen-bond acceptors (Lipinski definition) is 4. The third-order valence-corrected chi connectivity index (χ3v) is 5.28. The molecule has 4 rings (SSSR count). The first-order valence-electron chi connectivity index (χ1n) is 11.8. The smallest absolute Gasteiger partial charge is 0.676 e. The van der Waals surface area contributed by atoms with Crippen LogP contribution in [0.5, 0.6) is 0 Å². The van der Waals surface area contributed by atoms with Gasteiger partial charge in [-0.1, -0.05) is 58.1 Å². The normalized spacial score (nSPS) is 16.2. The molecule has 0 spiro atoms. The standard InChI is InChI=1S/C17H14N2O4.C6H12N2.C3H8.H2O.Pt/c20-14(21)7-8-15(22)23-11-19-10-2-4-13-6-5-12-3-1-9-18-16(12)17(13)19;7-5-3-1-2-4-6(5)8;1-3-2;;/h1-6,9-10H,7-8,11H2;5-8H,1-4H2;3H2,1-2H3;1H2;/q;-2;;;+2/p+1/t;5-,6-;;;/m.0.../s1. The van der Waals surface area contributed by atoms with E-state index < -0.39 is 11.9 Å². The fourth-order valence-corrected chi connectivity index (χ4v) is 3.57. The van der Waals surface area contributed by atoms with Crippen LogP contribution in [0, 0.1) is 0 Å². The van der Waals surface area contributed by atoms with Crippen LogP contribution in [-0.2, 0) is 42.1 Å². The Kier molecular flexibility index (Phi) is 16.7. The predicted octanol–water partition coefficient (Wildman–Crippen LogP) is 5.03. The minimum atomic E-state index is -1.02. The SMILES string of the molecule is CCC.O.O=C(O)CCC(=O)OC[n+]1cccc2ccc3cccnc3c21.[NH-][C@H]1CCCC[C@@H]1[NH-].[Pt+2]. The van der Waals surface area contributed by atoms with E-state index in [1.165, 1.54) is 19.3 Å². The maximum absolute atomic E-state index is 11.6. The van der Waals surface area contributed by atoms with Gasteiger partial charge in [-0.05, 0) is 18.2 Å². The summed E-state index contributed by atoms with van der Waals surface area (Å²) < 4.78 is 6.96. The van der Waals surface area contributed by atoms with Gasteiger partial charge in [0, 0.05) is 23.0 Å². The number of nitrogens with zero attached hydrogens (tertiary/aromatic N) is 2. The molecule has 2 aromatic heterocycles. The van der Waals surface area contributed by atoms with Gasteiger partial charge in [0.2, 0.25) is 5.52 Å².